The monoisotopic (exact) mass is 291 g/mol. The molecule has 0 fully saturated rings. The second-order valence-corrected chi connectivity index (χ2v) is 5.79. The number of likely N-dealkylation sites (N-methyl/N-ethyl adjacent to an activating group) is 1. The fourth-order valence-electron chi connectivity index (χ4n) is 1.25. The Bertz CT molecular complexity index is 549. The maximum absolute atomic E-state index is 11.9. The van der Waals surface area contributed by atoms with Crippen molar-refractivity contribution in [2.24, 2.45) is 0 Å². The standard InChI is InChI=1S/C10H14ClN3O3S/c1-6-3-7(4-8(12)10(6)11)18(16,17)14-5-9(15)13-2/h3-4,14H,5,12H2,1-2H3,(H,13,15). The average Bonchev–Trinajstić information content (AvgIpc) is 2.32. The first-order valence-corrected chi connectivity index (χ1v) is 6.90. The first-order valence-electron chi connectivity index (χ1n) is 5.04. The van der Waals surface area contributed by atoms with E-state index >= 15 is 0 Å². The van der Waals surface area contributed by atoms with Gasteiger partial charge in [-0.15, -0.1) is 0 Å². The fourth-order valence-corrected chi connectivity index (χ4v) is 2.46. The van der Waals surface area contributed by atoms with Gasteiger partial charge in [0.25, 0.3) is 0 Å². The van der Waals surface area contributed by atoms with E-state index in [2.05, 4.69) is 10.0 Å². The van der Waals surface area contributed by atoms with Gasteiger partial charge in [0.1, 0.15) is 0 Å². The number of nitrogens with two attached hydrogens (primary N) is 1. The Hall–Kier alpha value is -1.31. The second kappa shape index (κ2) is 5.55. The molecule has 0 unspecified atom stereocenters. The van der Waals surface area contributed by atoms with Crippen molar-refractivity contribution in [3.05, 3.63) is 22.7 Å². The third-order valence-corrected chi connectivity index (χ3v) is 4.17. The summed E-state index contributed by atoms with van der Waals surface area (Å²) in [6, 6.07) is 2.65. The Morgan fingerprint density at radius 2 is 2.06 bits per heavy atom. The van der Waals surface area contributed by atoms with Crippen molar-refractivity contribution in [2.75, 3.05) is 19.3 Å². The van der Waals surface area contributed by atoms with Gasteiger partial charge >= 0.3 is 0 Å². The molecule has 0 bridgehead atoms. The molecular weight excluding hydrogens is 278 g/mol. The molecule has 0 saturated heterocycles. The van der Waals surface area contributed by atoms with E-state index in [0.29, 0.717) is 10.6 Å². The van der Waals surface area contributed by atoms with Crippen LogP contribution in [0.15, 0.2) is 17.0 Å². The molecule has 0 atom stereocenters. The molecule has 0 saturated carbocycles. The van der Waals surface area contributed by atoms with Crippen LogP contribution < -0.4 is 15.8 Å². The Morgan fingerprint density at radius 1 is 1.44 bits per heavy atom. The summed E-state index contributed by atoms with van der Waals surface area (Å²) in [5.41, 5.74) is 6.33. The lowest BCUT2D eigenvalue weighted by Gasteiger charge is -2.09. The van der Waals surface area contributed by atoms with Crippen molar-refractivity contribution in [1.29, 1.82) is 0 Å². The first-order chi connectivity index (χ1) is 8.27. The first kappa shape index (κ1) is 14.7. The van der Waals surface area contributed by atoms with Gasteiger partial charge in [0, 0.05) is 7.05 Å². The molecule has 0 aromatic heterocycles. The number of carbonyl (C=O) groups is 1. The van der Waals surface area contributed by atoms with Crippen LogP contribution in [-0.4, -0.2) is 27.9 Å². The predicted octanol–water partition coefficient (Wildman–Crippen LogP) is 0.255. The molecule has 1 aromatic carbocycles. The molecule has 0 aliphatic heterocycles. The van der Waals surface area contributed by atoms with Crippen LogP contribution in [0.25, 0.3) is 0 Å². The minimum atomic E-state index is -3.78. The summed E-state index contributed by atoms with van der Waals surface area (Å²) in [4.78, 5) is 11.0. The Labute approximate surface area is 111 Å². The summed E-state index contributed by atoms with van der Waals surface area (Å²) < 4.78 is 25.9. The molecule has 1 amide bonds. The lowest BCUT2D eigenvalue weighted by atomic mass is 10.2. The average molecular weight is 292 g/mol. The van der Waals surface area contributed by atoms with Crippen LogP contribution >= 0.6 is 11.6 Å². The molecule has 6 nitrogen and oxygen atoms in total. The quantitative estimate of drug-likeness (QED) is 0.692. The molecule has 0 radical (unpaired) electrons. The largest absolute Gasteiger partial charge is 0.397 e. The predicted molar refractivity (Wildman–Crippen MR) is 69.9 cm³/mol. The van der Waals surface area contributed by atoms with Gasteiger partial charge in [0.15, 0.2) is 0 Å². The smallest absolute Gasteiger partial charge is 0.241 e. The van der Waals surface area contributed by atoms with E-state index in [1.807, 2.05) is 0 Å². The number of amides is 1. The number of sulfonamides is 1. The van der Waals surface area contributed by atoms with Crippen molar-refractivity contribution in [2.45, 2.75) is 11.8 Å². The van der Waals surface area contributed by atoms with E-state index in [9.17, 15) is 13.2 Å². The number of anilines is 1. The number of hydrogen-bond acceptors (Lipinski definition) is 4. The maximum atomic E-state index is 11.9. The van der Waals surface area contributed by atoms with Crippen molar-refractivity contribution >= 4 is 33.2 Å². The molecule has 100 valence electrons. The van der Waals surface area contributed by atoms with Gasteiger partial charge in [-0.2, -0.15) is 0 Å². The molecule has 0 spiro atoms. The summed E-state index contributed by atoms with van der Waals surface area (Å²) >= 11 is 5.85. The van der Waals surface area contributed by atoms with Gasteiger partial charge in [-0.05, 0) is 24.6 Å². The SMILES string of the molecule is CNC(=O)CNS(=O)(=O)c1cc(C)c(Cl)c(N)c1. The summed E-state index contributed by atoms with van der Waals surface area (Å²) in [7, 11) is -2.36. The summed E-state index contributed by atoms with van der Waals surface area (Å²) in [5, 5.41) is 2.63. The molecule has 0 heterocycles. The van der Waals surface area contributed by atoms with E-state index < -0.39 is 15.9 Å². The Morgan fingerprint density at radius 3 is 2.56 bits per heavy atom. The summed E-state index contributed by atoms with van der Waals surface area (Å²) in [6.07, 6.45) is 0. The number of benzene rings is 1. The van der Waals surface area contributed by atoms with Crippen molar-refractivity contribution in [3.8, 4) is 0 Å². The number of nitrogens with one attached hydrogen (secondary N) is 2. The number of hydrogen-bond donors (Lipinski definition) is 3. The highest BCUT2D eigenvalue weighted by atomic mass is 35.5. The van der Waals surface area contributed by atoms with E-state index in [-0.39, 0.29) is 17.1 Å². The van der Waals surface area contributed by atoms with Gasteiger partial charge in [-0.1, -0.05) is 11.6 Å². The summed E-state index contributed by atoms with van der Waals surface area (Å²) in [5.74, 6) is -0.433. The van der Waals surface area contributed by atoms with Gasteiger partial charge < -0.3 is 11.1 Å². The van der Waals surface area contributed by atoms with Crippen LogP contribution in [0.2, 0.25) is 5.02 Å². The third-order valence-electron chi connectivity index (χ3n) is 2.27. The molecule has 1 aromatic rings. The summed E-state index contributed by atoms with van der Waals surface area (Å²) in [6.45, 7) is 1.32. The highest BCUT2D eigenvalue weighted by Crippen LogP contribution is 2.26. The van der Waals surface area contributed by atoms with Crippen LogP contribution in [0.4, 0.5) is 5.69 Å². The van der Waals surface area contributed by atoms with Crippen LogP contribution in [0.3, 0.4) is 0 Å². The number of halogens is 1. The zero-order valence-electron chi connectivity index (χ0n) is 9.95. The number of nitrogen functional groups attached to an aromatic ring is 1. The number of rotatable bonds is 4. The lowest BCUT2D eigenvalue weighted by Crippen LogP contribution is -2.35. The van der Waals surface area contributed by atoms with E-state index in [1.54, 1.807) is 6.92 Å². The highest BCUT2D eigenvalue weighted by molar-refractivity contribution is 7.89. The molecule has 18 heavy (non-hydrogen) atoms. The fraction of sp³-hybridized carbons (Fsp3) is 0.300. The Kier molecular flexibility index (Phi) is 4.55. The number of aryl methyl sites for hydroxylation is 1. The Balaban J connectivity index is 3.02. The van der Waals surface area contributed by atoms with Gasteiger partial charge in [0.2, 0.25) is 15.9 Å². The minimum absolute atomic E-state index is 0.0224. The highest BCUT2D eigenvalue weighted by Gasteiger charge is 2.17. The minimum Gasteiger partial charge on any atom is -0.397 e. The van der Waals surface area contributed by atoms with Gasteiger partial charge in [0.05, 0.1) is 22.2 Å². The molecule has 1 rings (SSSR count). The van der Waals surface area contributed by atoms with Crippen LogP contribution in [0, 0.1) is 6.92 Å². The van der Waals surface area contributed by atoms with Crippen LogP contribution in [0.5, 0.6) is 0 Å². The van der Waals surface area contributed by atoms with Gasteiger partial charge in [-0.25, -0.2) is 13.1 Å². The van der Waals surface area contributed by atoms with Crippen molar-refractivity contribution in [1.82, 2.24) is 10.0 Å². The number of carbonyl (C=O) groups excluding carboxylic acids is 1. The molecule has 0 aliphatic carbocycles. The lowest BCUT2D eigenvalue weighted by molar-refractivity contribution is -0.119. The normalized spacial score (nSPS) is 11.3. The van der Waals surface area contributed by atoms with Crippen molar-refractivity contribution < 1.29 is 13.2 Å². The zero-order valence-corrected chi connectivity index (χ0v) is 11.5. The van der Waals surface area contributed by atoms with Crippen molar-refractivity contribution in [3.63, 3.8) is 0 Å². The second-order valence-electron chi connectivity index (χ2n) is 3.64. The molecular formula is C10H14ClN3O3S. The van der Waals surface area contributed by atoms with E-state index in [0.717, 1.165) is 0 Å². The molecule has 4 N–H and O–H groups in total. The zero-order chi connectivity index (χ0) is 13.9. The van der Waals surface area contributed by atoms with Gasteiger partial charge in [-0.3, -0.25) is 4.79 Å². The topological polar surface area (TPSA) is 101 Å². The molecule has 0 aliphatic rings. The van der Waals surface area contributed by atoms with Crippen LogP contribution in [-0.2, 0) is 14.8 Å². The maximum Gasteiger partial charge on any atom is 0.241 e. The van der Waals surface area contributed by atoms with E-state index in [4.69, 9.17) is 17.3 Å². The third kappa shape index (κ3) is 3.34. The molecule has 8 heteroatoms. The van der Waals surface area contributed by atoms with E-state index in [1.165, 1.54) is 19.2 Å². The van der Waals surface area contributed by atoms with Crippen LogP contribution in [0.1, 0.15) is 5.56 Å².